The number of Topliss-reactive ketones (excluding diaryl/α,β-unsaturated/α-hetero) is 1. The average Bonchev–Trinajstić information content (AvgIpc) is 2.95. The van der Waals surface area contributed by atoms with E-state index in [2.05, 4.69) is 15.2 Å². The van der Waals surface area contributed by atoms with Crippen LogP contribution >= 0.6 is 11.8 Å². The number of ketones is 1. The van der Waals surface area contributed by atoms with Gasteiger partial charge in [-0.3, -0.25) is 9.78 Å². The van der Waals surface area contributed by atoms with Crippen LogP contribution in [0.3, 0.4) is 0 Å². The molecule has 23 heavy (non-hydrogen) atoms. The highest BCUT2D eigenvalue weighted by Gasteiger charge is 2.13. The van der Waals surface area contributed by atoms with Gasteiger partial charge in [-0.1, -0.05) is 11.8 Å². The van der Waals surface area contributed by atoms with E-state index in [1.807, 2.05) is 23.7 Å². The third-order valence-electron chi connectivity index (χ3n) is 3.25. The second-order valence-corrected chi connectivity index (χ2v) is 5.77. The van der Waals surface area contributed by atoms with E-state index in [9.17, 15) is 9.18 Å². The minimum Gasteiger partial charge on any atom is -0.305 e. The molecule has 0 bridgehead atoms. The Hall–Kier alpha value is -2.54. The van der Waals surface area contributed by atoms with Gasteiger partial charge >= 0.3 is 0 Å². The highest BCUT2D eigenvalue weighted by Crippen LogP contribution is 2.22. The van der Waals surface area contributed by atoms with Crippen LogP contribution in [0.1, 0.15) is 10.4 Å². The number of halogens is 1. The van der Waals surface area contributed by atoms with Gasteiger partial charge in [0.1, 0.15) is 5.82 Å². The summed E-state index contributed by atoms with van der Waals surface area (Å²) in [6, 6.07) is 9.25. The van der Waals surface area contributed by atoms with Crippen LogP contribution in [0.15, 0.2) is 53.9 Å². The van der Waals surface area contributed by atoms with Crippen molar-refractivity contribution in [3.63, 3.8) is 0 Å². The lowest BCUT2D eigenvalue weighted by atomic mass is 10.1. The number of thioether (sulfide) groups is 1. The van der Waals surface area contributed by atoms with Crippen molar-refractivity contribution in [2.75, 3.05) is 5.75 Å². The van der Waals surface area contributed by atoms with Crippen LogP contribution in [0, 0.1) is 5.82 Å². The Morgan fingerprint density at radius 1 is 1.22 bits per heavy atom. The van der Waals surface area contributed by atoms with Gasteiger partial charge in [0.15, 0.2) is 16.8 Å². The fourth-order valence-corrected chi connectivity index (χ4v) is 2.84. The first kappa shape index (κ1) is 15.4. The number of benzene rings is 1. The molecule has 0 aliphatic carbocycles. The van der Waals surface area contributed by atoms with Crippen molar-refractivity contribution in [3.05, 3.63) is 60.2 Å². The molecule has 0 unspecified atom stereocenters. The van der Waals surface area contributed by atoms with E-state index in [0.717, 1.165) is 5.56 Å². The molecule has 3 aromatic rings. The van der Waals surface area contributed by atoms with E-state index in [0.29, 0.717) is 16.5 Å². The summed E-state index contributed by atoms with van der Waals surface area (Å²) in [6.07, 6.45) is 3.40. The zero-order valence-corrected chi connectivity index (χ0v) is 13.1. The van der Waals surface area contributed by atoms with Crippen LogP contribution < -0.4 is 0 Å². The summed E-state index contributed by atoms with van der Waals surface area (Å²) >= 11 is 1.30. The van der Waals surface area contributed by atoms with E-state index in [1.54, 1.807) is 12.4 Å². The molecule has 1 aromatic carbocycles. The minimum atomic E-state index is -0.358. The monoisotopic (exact) mass is 328 g/mol. The summed E-state index contributed by atoms with van der Waals surface area (Å²) in [4.78, 5) is 16.2. The second-order valence-electron chi connectivity index (χ2n) is 4.83. The Balaban J connectivity index is 1.71. The van der Waals surface area contributed by atoms with Crippen LogP contribution in [-0.2, 0) is 7.05 Å². The first-order valence-electron chi connectivity index (χ1n) is 6.86. The molecule has 0 fully saturated rings. The first-order valence-corrected chi connectivity index (χ1v) is 7.85. The third kappa shape index (κ3) is 3.45. The fourth-order valence-electron chi connectivity index (χ4n) is 2.04. The van der Waals surface area contributed by atoms with Crippen molar-refractivity contribution >= 4 is 17.5 Å². The molecule has 3 rings (SSSR count). The highest BCUT2D eigenvalue weighted by molar-refractivity contribution is 7.99. The predicted octanol–water partition coefficient (Wildman–Crippen LogP) is 2.99. The molecule has 0 amide bonds. The molecular formula is C16H13FN4OS. The molecule has 0 saturated carbocycles. The van der Waals surface area contributed by atoms with Gasteiger partial charge in [0.25, 0.3) is 0 Å². The average molecular weight is 328 g/mol. The van der Waals surface area contributed by atoms with Crippen molar-refractivity contribution in [2.24, 2.45) is 7.05 Å². The number of aromatic nitrogens is 4. The quantitative estimate of drug-likeness (QED) is 0.532. The number of nitrogens with zero attached hydrogens (tertiary/aromatic N) is 4. The van der Waals surface area contributed by atoms with Crippen molar-refractivity contribution in [1.82, 2.24) is 19.7 Å². The second kappa shape index (κ2) is 6.70. The van der Waals surface area contributed by atoms with Crippen LogP contribution in [0.2, 0.25) is 0 Å². The number of hydrogen-bond acceptors (Lipinski definition) is 5. The Labute approximate surface area is 136 Å². The van der Waals surface area contributed by atoms with Gasteiger partial charge in [-0.05, 0) is 36.4 Å². The van der Waals surface area contributed by atoms with Crippen molar-refractivity contribution < 1.29 is 9.18 Å². The minimum absolute atomic E-state index is 0.0825. The standard InChI is InChI=1S/C16H13FN4OS/c1-21-15(12-3-2-8-18-9-12)19-20-16(21)23-10-14(22)11-4-6-13(17)7-5-11/h2-9H,10H2,1H3. The summed E-state index contributed by atoms with van der Waals surface area (Å²) in [5.41, 5.74) is 1.34. The van der Waals surface area contributed by atoms with Crippen molar-refractivity contribution in [1.29, 1.82) is 0 Å². The molecule has 0 saturated heterocycles. The Morgan fingerprint density at radius 2 is 2.00 bits per heavy atom. The van der Waals surface area contributed by atoms with Crippen LogP contribution in [0.4, 0.5) is 4.39 Å². The molecule has 5 nitrogen and oxygen atoms in total. The lowest BCUT2D eigenvalue weighted by molar-refractivity contribution is 0.102. The Bertz CT molecular complexity index is 818. The smallest absolute Gasteiger partial charge is 0.191 e. The molecule has 0 atom stereocenters. The maximum atomic E-state index is 12.9. The summed E-state index contributed by atoms with van der Waals surface area (Å²) in [5, 5.41) is 8.89. The molecule has 116 valence electrons. The molecule has 0 aliphatic heterocycles. The van der Waals surface area contributed by atoms with Gasteiger partial charge < -0.3 is 4.57 Å². The highest BCUT2D eigenvalue weighted by atomic mass is 32.2. The Morgan fingerprint density at radius 3 is 2.70 bits per heavy atom. The molecule has 0 aliphatic rings. The maximum Gasteiger partial charge on any atom is 0.191 e. The van der Waals surface area contributed by atoms with E-state index in [4.69, 9.17) is 0 Å². The van der Waals surface area contributed by atoms with Gasteiger partial charge in [0, 0.05) is 30.6 Å². The largest absolute Gasteiger partial charge is 0.305 e. The topological polar surface area (TPSA) is 60.7 Å². The van der Waals surface area contributed by atoms with E-state index >= 15 is 0 Å². The molecule has 0 radical (unpaired) electrons. The van der Waals surface area contributed by atoms with Crippen LogP contribution in [0.5, 0.6) is 0 Å². The van der Waals surface area contributed by atoms with Crippen LogP contribution in [-0.4, -0.2) is 31.3 Å². The SMILES string of the molecule is Cn1c(SCC(=O)c2ccc(F)cc2)nnc1-c1cccnc1. The van der Waals surface area contributed by atoms with Gasteiger partial charge in [-0.25, -0.2) is 4.39 Å². The summed E-state index contributed by atoms with van der Waals surface area (Å²) in [6.45, 7) is 0. The normalized spacial score (nSPS) is 10.7. The molecule has 2 aromatic heterocycles. The lowest BCUT2D eigenvalue weighted by Crippen LogP contribution is -2.04. The number of carbonyl (C=O) groups excluding carboxylic acids is 1. The molecule has 0 N–H and O–H groups in total. The zero-order valence-electron chi connectivity index (χ0n) is 12.3. The molecule has 2 heterocycles. The van der Waals surface area contributed by atoms with Gasteiger partial charge in [-0.2, -0.15) is 0 Å². The number of rotatable bonds is 5. The number of hydrogen-bond donors (Lipinski definition) is 0. The summed E-state index contributed by atoms with van der Waals surface area (Å²) < 4.78 is 14.7. The Kier molecular flexibility index (Phi) is 4.47. The van der Waals surface area contributed by atoms with Crippen LogP contribution in [0.25, 0.3) is 11.4 Å². The number of pyridine rings is 1. The molecule has 7 heteroatoms. The summed E-state index contributed by atoms with van der Waals surface area (Å²) in [5.74, 6) is 0.462. The predicted molar refractivity (Wildman–Crippen MR) is 85.7 cm³/mol. The fraction of sp³-hybridized carbons (Fsp3) is 0.125. The van der Waals surface area contributed by atoms with E-state index in [-0.39, 0.29) is 17.4 Å². The maximum absolute atomic E-state index is 12.9. The van der Waals surface area contributed by atoms with Gasteiger partial charge in [0.05, 0.1) is 5.75 Å². The summed E-state index contributed by atoms with van der Waals surface area (Å²) in [7, 11) is 1.84. The third-order valence-corrected chi connectivity index (χ3v) is 4.27. The lowest BCUT2D eigenvalue weighted by Gasteiger charge is -2.03. The van der Waals surface area contributed by atoms with Gasteiger partial charge in [-0.15, -0.1) is 10.2 Å². The molecule has 0 spiro atoms. The van der Waals surface area contributed by atoms with E-state index < -0.39 is 0 Å². The molecular weight excluding hydrogens is 315 g/mol. The van der Waals surface area contributed by atoms with Crippen molar-refractivity contribution in [2.45, 2.75) is 5.16 Å². The van der Waals surface area contributed by atoms with E-state index in [1.165, 1.54) is 36.0 Å². The zero-order chi connectivity index (χ0) is 16.2. The first-order chi connectivity index (χ1) is 11.1. The van der Waals surface area contributed by atoms with Gasteiger partial charge in [0.2, 0.25) is 0 Å². The van der Waals surface area contributed by atoms with Crippen molar-refractivity contribution in [3.8, 4) is 11.4 Å². The number of carbonyl (C=O) groups is 1.